The average Bonchev–Trinajstić information content (AvgIpc) is 2.71. The molecule has 0 bridgehead atoms. The Hall–Kier alpha value is -1.97. The maximum absolute atomic E-state index is 5.78. The van der Waals surface area contributed by atoms with Crippen LogP contribution < -0.4 is 10.5 Å². The van der Waals surface area contributed by atoms with Gasteiger partial charge < -0.3 is 10.5 Å². The summed E-state index contributed by atoms with van der Waals surface area (Å²) in [4.78, 5) is 0. The Kier molecular flexibility index (Phi) is 3.87. The van der Waals surface area contributed by atoms with Crippen molar-refractivity contribution in [2.24, 2.45) is 0 Å². The van der Waals surface area contributed by atoms with Crippen molar-refractivity contribution in [1.29, 1.82) is 0 Å². The molecule has 0 saturated carbocycles. The highest BCUT2D eigenvalue weighted by atomic mass is 16.5. The lowest BCUT2D eigenvalue weighted by atomic mass is 10.3. The van der Waals surface area contributed by atoms with Crippen LogP contribution in [0.3, 0.4) is 0 Å². The van der Waals surface area contributed by atoms with Gasteiger partial charge in [0.15, 0.2) is 0 Å². The van der Waals surface area contributed by atoms with Gasteiger partial charge in [0.2, 0.25) is 0 Å². The third kappa shape index (κ3) is 2.83. The van der Waals surface area contributed by atoms with Crippen LogP contribution in [0.4, 0.5) is 5.69 Å². The van der Waals surface area contributed by atoms with Gasteiger partial charge in [-0.3, -0.25) is 0 Å². The van der Waals surface area contributed by atoms with Crippen LogP contribution in [0.15, 0.2) is 30.5 Å². The van der Waals surface area contributed by atoms with Crippen LogP contribution in [0.1, 0.15) is 25.5 Å². The Morgan fingerprint density at radius 2 is 2.00 bits per heavy atom. The van der Waals surface area contributed by atoms with Gasteiger partial charge in [0.05, 0.1) is 29.9 Å². The molecule has 1 aromatic heterocycles. The molecule has 1 heterocycles. The molecule has 2 rings (SSSR count). The first-order valence-corrected chi connectivity index (χ1v) is 6.25. The van der Waals surface area contributed by atoms with Gasteiger partial charge >= 0.3 is 0 Å². The van der Waals surface area contributed by atoms with Crippen molar-refractivity contribution in [3.63, 3.8) is 0 Å². The van der Waals surface area contributed by atoms with Gasteiger partial charge in [-0.05, 0) is 37.6 Å². The van der Waals surface area contributed by atoms with Crippen LogP contribution in [0, 0.1) is 6.92 Å². The molecule has 0 atom stereocenters. The third-order valence-electron chi connectivity index (χ3n) is 2.80. The number of unbranched alkanes of at least 4 members (excludes halogenated alkanes) is 1. The van der Waals surface area contributed by atoms with E-state index in [0.29, 0.717) is 5.69 Å². The smallest absolute Gasteiger partial charge is 0.119 e. The number of ether oxygens (including phenoxy) is 1. The molecule has 0 fully saturated rings. The second-order valence-electron chi connectivity index (χ2n) is 4.31. The zero-order valence-electron chi connectivity index (χ0n) is 10.9. The molecule has 2 N–H and O–H groups in total. The SMILES string of the molecule is CCCCOc1ccc(-n2cc(N)c(C)n2)cc1. The van der Waals surface area contributed by atoms with Gasteiger partial charge in [-0.2, -0.15) is 5.10 Å². The molecule has 0 spiro atoms. The van der Waals surface area contributed by atoms with Gasteiger partial charge in [0, 0.05) is 0 Å². The van der Waals surface area contributed by atoms with Crippen LogP contribution in [-0.4, -0.2) is 16.4 Å². The quantitative estimate of drug-likeness (QED) is 0.824. The molecule has 0 saturated heterocycles. The van der Waals surface area contributed by atoms with Crippen molar-refractivity contribution in [3.8, 4) is 11.4 Å². The van der Waals surface area contributed by atoms with Gasteiger partial charge in [0.25, 0.3) is 0 Å². The van der Waals surface area contributed by atoms with Crippen LogP contribution >= 0.6 is 0 Å². The number of hydrogen-bond donors (Lipinski definition) is 1. The standard InChI is InChI=1S/C14H19N3O/c1-3-4-9-18-13-7-5-12(6-8-13)17-10-14(15)11(2)16-17/h5-8,10H,3-4,9,15H2,1-2H3. The van der Waals surface area contributed by atoms with Gasteiger partial charge in [-0.15, -0.1) is 0 Å². The Morgan fingerprint density at radius 1 is 1.28 bits per heavy atom. The van der Waals surface area contributed by atoms with Gasteiger partial charge in [-0.25, -0.2) is 4.68 Å². The summed E-state index contributed by atoms with van der Waals surface area (Å²) in [5.41, 5.74) is 8.32. The second kappa shape index (κ2) is 5.58. The molecule has 4 heteroatoms. The Labute approximate surface area is 107 Å². The van der Waals surface area contributed by atoms with Crippen molar-refractivity contribution in [2.75, 3.05) is 12.3 Å². The summed E-state index contributed by atoms with van der Waals surface area (Å²) >= 11 is 0. The monoisotopic (exact) mass is 245 g/mol. The highest BCUT2D eigenvalue weighted by Crippen LogP contribution is 2.17. The highest BCUT2D eigenvalue weighted by Gasteiger charge is 2.03. The third-order valence-corrected chi connectivity index (χ3v) is 2.80. The summed E-state index contributed by atoms with van der Waals surface area (Å²) in [5, 5.41) is 4.34. The molecule has 18 heavy (non-hydrogen) atoms. The highest BCUT2D eigenvalue weighted by molar-refractivity contribution is 5.44. The van der Waals surface area contributed by atoms with Crippen molar-refractivity contribution in [1.82, 2.24) is 9.78 Å². The summed E-state index contributed by atoms with van der Waals surface area (Å²) in [6.45, 7) is 4.81. The maximum atomic E-state index is 5.78. The zero-order valence-corrected chi connectivity index (χ0v) is 10.9. The molecular formula is C14H19N3O. The number of nitrogens with zero attached hydrogens (tertiary/aromatic N) is 2. The van der Waals surface area contributed by atoms with Crippen LogP contribution in [0.25, 0.3) is 5.69 Å². The second-order valence-corrected chi connectivity index (χ2v) is 4.31. The van der Waals surface area contributed by atoms with Crippen molar-refractivity contribution < 1.29 is 4.74 Å². The van der Waals surface area contributed by atoms with Crippen molar-refractivity contribution >= 4 is 5.69 Å². The molecule has 0 amide bonds. The normalized spacial score (nSPS) is 10.6. The maximum Gasteiger partial charge on any atom is 0.119 e. The van der Waals surface area contributed by atoms with Crippen LogP contribution in [0.2, 0.25) is 0 Å². The van der Waals surface area contributed by atoms with Gasteiger partial charge in [-0.1, -0.05) is 13.3 Å². The van der Waals surface area contributed by atoms with E-state index in [2.05, 4.69) is 12.0 Å². The van der Waals surface area contributed by atoms with E-state index in [4.69, 9.17) is 10.5 Å². The minimum atomic E-state index is 0.707. The number of benzene rings is 1. The number of anilines is 1. The van der Waals surface area contributed by atoms with Crippen LogP contribution in [0.5, 0.6) is 5.75 Å². The van der Waals surface area contributed by atoms with Crippen LogP contribution in [-0.2, 0) is 0 Å². The Morgan fingerprint density at radius 3 is 2.56 bits per heavy atom. The first-order valence-electron chi connectivity index (χ1n) is 6.25. The summed E-state index contributed by atoms with van der Waals surface area (Å²) in [5.74, 6) is 0.893. The minimum Gasteiger partial charge on any atom is -0.494 e. The molecular weight excluding hydrogens is 226 g/mol. The summed E-state index contributed by atoms with van der Waals surface area (Å²) in [6.07, 6.45) is 4.04. The molecule has 1 aromatic carbocycles. The lowest BCUT2D eigenvalue weighted by Crippen LogP contribution is -1.98. The molecule has 0 aliphatic heterocycles. The molecule has 0 unspecified atom stereocenters. The average molecular weight is 245 g/mol. The van der Waals surface area contributed by atoms with E-state index in [9.17, 15) is 0 Å². The predicted octanol–water partition coefficient (Wildman–Crippen LogP) is 2.94. The number of nitrogens with two attached hydrogens (primary N) is 1. The number of aromatic nitrogens is 2. The fourth-order valence-electron chi connectivity index (χ4n) is 1.64. The van der Waals surface area contributed by atoms with E-state index in [1.807, 2.05) is 37.4 Å². The van der Waals surface area contributed by atoms with E-state index in [0.717, 1.165) is 36.6 Å². The number of hydrogen-bond acceptors (Lipinski definition) is 3. The zero-order chi connectivity index (χ0) is 13.0. The fourth-order valence-corrected chi connectivity index (χ4v) is 1.64. The Bertz CT molecular complexity index is 483. The van der Waals surface area contributed by atoms with Gasteiger partial charge in [0.1, 0.15) is 5.75 Å². The fraction of sp³-hybridized carbons (Fsp3) is 0.357. The van der Waals surface area contributed by atoms with E-state index in [1.165, 1.54) is 0 Å². The predicted molar refractivity (Wildman–Crippen MR) is 73.1 cm³/mol. The first-order chi connectivity index (χ1) is 8.70. The summed E-state index contributed by atoms with van der Waals surface area (Å²) in [6, 6.07) is 7.87. The molecule has 0 aliphatic rings. The topological polar surface area (TPSA) is 53.1 Å². The van der Waals surface area contributed by atoms with E-state index < -0.39 is 0 Å². The molecule has 0 radical (unpaired) electrons. The van der Waals surface area contributed by atoms with Crippen molar-refractivity contribution in [2.45, 2.75) is 26.7 Å². The molecule has 96 valence electrons. The molecule has 4 nitrogen and oxygen atoms in total. The number of nitrogen functional groups attached to an aromatic ring is 1. The first kappa shape index (κ1) is 12.5. The summed E-state index contributed by atoms with van der Waals surface area (Å²) in [7, 11) is 0. The van der Waals surface area contributed by atoms with Crippen molar-refractivity contribution in [3.05, 3.63) is 36.2 Å². The number of aryl methyl sites for hydroxylation is 1. The molecule has 2 aromatic rings. The molecule has 0 aliphatic carbocycles. The van der Waals surface area contributed by atoms with E-state index in [1.54, 1.807) is 4.68 Å². The lowest BCUT2D eigenvalue weighted by Gasteiger charge is -2.06. The lowest BCUT2D eigenvalue weighted by molar-refractivity contribution is 0.309. The number of rotatable bonds is 5. The largest absolute Gasteiger partial charge is 0.494 e. The van der Waals surface area contributed by atoms with E-state index in [-0.39, 0.29) is 0 Å². The Balaban J connectivity index is 2.07. The summed E-state index contributed by atoms with van der Waals surface area (Å²) < 4.78 is 7.39. The minimum absolute atomic E-state index is 0.707. The van der Waals surface area contributed by atoms with E-state index >= 15 is 0 Å².